The van der Waals surface area contributed by atoms with E-state index in [0.29, 0.717) is 6.54 Å². The highest BCUT2D eigenvalue weighted by Crippen LogP contribution is 2.38. The molecule has 1 aromatic carbocycles. The zero-order valence-electron chi connectivity index (χ0n) is 8.86. The minimum Gasteiger partial charge on any atom is -0.354 e. The van der Waals surface area contributed by atoms with Crippen molar-refractivity contribution in [2.75, 3.05) is 11.9 Å². The Labute approximate surface area is 103 Å². The lowest BCUT2D eigenvalue weighted by molar-refractivity contribution is -0.122. The maximum absolute atomic E-state index is 11.6. The molecule has 1 aliphatic heterocycles. The van der Waals surface area contributed by atoms with Crippen LogP contribution in [0, 0.1) is 0 Å². The van der Waals surface area contributed by atoms with Gasteiger partial charge in [-0.1, -0.05) is 46.3 Å². The Bertz CT molecular complexity index is 355. The van der Waals surface area contributed by atoms with E-state index in [0.717, 1.165) is 17.3 Å². The van der Waals surface area contributed by atoms with E-state index in [9.17, 15) is 4.79 Å². The topological polar surface area (TPSA) is 41.6 Å². The number of rotatable bonds is 5. The molecular weight excluding hydrogens is 270 g/mol. The molecule has 1 heterocycles. The van der Waals surface area contributed by atoms with E-state index in [1.165, 1.54) is 0 Å². The van der Waals surface area contributed by atoms with Crippen molar-refractivity contribution in [1.29, 1.82) is 0 Å². The predicted molar refractivity (Wildman–Crippen MR) is 65.5 cm³/mol. The lowest BCUT2D eigenvalue weighted by atomic mass is 10.1. The number of alkyl halides is 1. The fraction of sp³-hybridized carbons (Fsp3) is 0.417. The molecule has 16 heavy (non-hydrogen) atoms. The van der Waals surface area contributed by atoms with Crippen molar-refractivity contribution >= 4 is 21.8 Å². The number of benzene rings is 1. The summed E-state index contributed by atoms with van der Waals surface area (Å²) in [7, 11) is 0. The normalized spacial score (nSPS) is 22.8. The van der Waals surface area contributed by atoms with Crippen molar-refractivity contribution < 1.29 is 9.53 Å². The van der Waals surface area contributed by atoms with Gasteiger partial charge in [0.25, 0.3) is 5.91 Å². The molecule has 1 N–H and O–H groups in total. The predicted octanol–water partition coefficient (Wildman–Crippen LogP) is 2.03. The van der Waals surface area contributed by atoms with Crippen molar-refractivity contribution in [3.63, 3.8) is 0 Å². The quantitative estimate of drug-likeness (QED) is 0.510. The van der Waals surface area contributed by atoms with Crippen molar-refractivity contribution in [3.05, 3.63) is 35.9 Å². The summed E-state index contributed by atoms with van der Waals surface area (Å²) < 4.78 is 5.37. The largest absolute Gasteiger partial charge is 0.354 e. The molecule has 2 atom stereocenters. The summed E-state index contributed by atoms with van der Waals surface area (Å²) in [6, 6.07) is 9.83. The SMILES string of the molecule is O=C(NCCCBr)[C@@H]1O[C@@H]1c1ccccc1. The van der Waals surface area contributed by atoms with Crippen LogP contribution in [0.4, 0.5) is 0 Å². The molecule has 1 aliphatic rings. The summed E-state index contributed by atoms with van der Waals surface area (Å²) in [4.78, 5) is 11.6. The Kier molecular flexibility index (Phi) is 3.96. The van der Waals surface area contributed by atoms with Gasteiger partial charge in [0.1, 0.15) is 6.10 Å². The Morgan fingerprint density at radius 1 is 1.38 bits per heavy atom. The molecule has 86 valence electrons. The third kappa shape index (κ3) is 2.83. The van der Waals surface area contributed by atoms with Crippen LogP contribution in [0.3, 0.4) is 0 Å². The van der Waals surface area contributed by atoms with Crippen LogP contribution in [-0.2, 0) is 9.53 Å². The molecular formula is C12H14BrNO2. The first kappa shape index (κ1) is 11.6. The average molecular weight is 284 g/mol. The number of carbonyl (C=O) groups is 1. The van der Waals surface area contributed by atoms with Gasteiger partial charge < -0.3 is 10.1 Å². The molecule has 0 saturated carbocycles. The lowest BCUT2D eigenvalue weighted by Crippen LogP contribution is -2.29. The van der Waals surface area contributed by atoms with Crippen molar-refractivity contribution in [1.82, 2.24) is 5.32 Å². The lowest BCUT2D eigenvalue weighted by Gasteiger charge is -2.00. The minimum atomic E-state index is -0.294. The van der Waals surface area contributed by atoms with Gasteiger partial charge in [-0.2, -0.15) is 0 Å². The van der Waals surface area contributed by atoms with Gasteiger partial charge in [-0.3, -0.25) is 4.79 Å². The Hall–Kier alpha value is -0.870. The summed E-state index contributed by atoms with van der Waals surface area (Å²) in [5.74, 6) is -0.00481. The van der Waals surface area contributed by atoms with E-state index < -0.39 is 0 Å². The van der Waals surface area contributed by atoms with Gasteiger partial charge in [-0.05, 0) is 12.0 Å². The summed E-state index contributed by atoms with van der Waals surface area (Å²) in [6.07, 6.45) is 0.594. The summed E-state index contributed by atoms with van der Waals surface area (Å²) in [5.41, 5.74) is 1.07. The molecule has 4 heteroatoms. The van der Waals surface area contributed by atoms with Crippen LogP contribution < -0.4 is 5.32 Å². The van der Waals surface area contributed by atoms with Crippen LogP contribution in [0.5, 0.6) is 0 Å². The molecule has 0 aromatic heterocycles. The first-order valence-corrected chi connectivity index (χ1v) is 6.49. The van der Waals surface area contributed by atoms with E-state index in [-0.39, 0.29) is 18.1 Å². The Morgan fingerprint density at radius 2 is 2.12 bits per heavy atom. The van der Waals surface area contributed by atoms with Crippen molar-refractivity contribution in [2.45, 2.75) is 18.6 Å². The van der Waals surface area contributed by atoms with E-state index >= 15 is 0 Å². The van der Waals surface area contributed by atoms with Gasteiger partial charge in [-0.15, -0.1) is 0 Å². The number of halogens is 1. The van der Waals surface area contributed by atoms with E-state index in [1.54, 1.807) is 0 Å². The fourth-order valence-corrected chi connectivity index (χ4v) is 1.87. The number of amides is 1. The number of hydrogen-bond donors (Lipinski definition) is 1. The van der Waals surface area contributed by atoms with Crippen LogP contribution in [-0.4, -0.2) is 23.9 Å². The molecule has 1 amide bonds. The zero-order chi connectivity index (χ0) is 11.4. The van der Waals surface area contributed by atoms with Crippen molar-refractivity contribution in [3.8, 4) is 0 Å². The second-order valence-electron chi connectivity index (χ2n) is 3.72. The molecule has 0 spiro atoms. The van der Waals surface area contributed by atoms with Gasteiger partial charge in [0, 0.05) is 11.9 Å². The molecule has 0 radical (unpaired) electrons. The summed E-state index contributed by atoms with van der Waals surface area (Å²) >= 11 is 3.32. The summed E-state index contributed by atoms with van der Waals surface area (Å²) in [6.45, 7) is 0.700. The van der Waals surface area contributed by atoms with Crippen molar-refractivity contribution in [2.24, 2.45) is 0 Å². The van der Waals surface area contributed by atoms with E-state index in [2.05, 4.69) is 21.2 Å². The van der Waals surface area contributed by atoms with Gasteiger partial charge in [0.15, 0.2) is 6.10 Å². The Balaban J connectivity index is 1.80. The highest BCUT2D eigenvalue weighted by molar-refractivity contribution is 9.09. The number of epoxide rings is 1. The van der Waals surface area contributed by atoms with Crippen LogP contribution in [0.1, 0.15) is 18.1 Å². The molecule has 3 nitrogen and oxygen atoms in total. The molecule has 0 aliphatic carbocycles. The van der Waals surface area contributed by atoms with Crippen LogP contribution in [0.25, 0.3) is 0 Å². The maximum Gasteiger partial charge on any atom is 0.252 e. The fourth-order valence-electron chi connectivity index (χ4n) is 1.59. The van der Waals surface area contributed by atoms with Crippen LogP contribution >= 0.6 is 15.9 Å². The van der Waals surface area contributed by atoms with Crippen LogP contribution in [0.15, 0.2) is 30.3 Å². The number of nitrogens with one attached hydrogen (secondary N) is 1. The molecule has 2 rings (SSSR count). The number of hydrogen-bond acceptors (Lipinski definition) is 2. The highest BCUT2D eigenvalue weighted by atomic mass is 79.9. The molecule has 1 fully saturated rings. The van der Waals surface area contributed by atoms with E-state index in [4.69, 9.17) is 4.74 Å². The smallest absolute Gasteiger partial charge is 0.252 e. The van der Waals surface area contributed by atoms with Crippen LogP contribution in [0.2, 0.25) is 0 Å². The third-order valence-electron chi connectivity index (χ3n) is 2.49. The number of ether oxygens (including phenoxy) is 1. The Morgan fingerprint density at radius 3 is 2.81 bits per heavy atom. The maximum atomic E-state index is 11.6. The van der Waals surface area contributed by atoms with Gasteiger partial charge >= 0.3 is 0 Å². The van der Waals surface area contributed by atoms with Gasteiger partial charge in [0.05, 0.1) is 0 Å². The minimum absolute atomic E-state index is 0.00481. The first-order valence-electron chi connectivity index (χ1n) is 5.37. The van der Waals surface area contributed by atoms with Gasteiger partial charge in [0.2, 0.25) is 0 Å². The second-order valence-corrected chi connectivity index (χ2v) is 4.51. The molecule has 1 saturated heterocycles. The van der Waals surface area contributed by atoms with Gasteiger partial charge in [-0.25, -0.2) is 0 Å². The third-order valence-corrected chi connectivity index (χ3v) is 3.05. The molecule has 1 aromatic rings. The number of carbonyl (C=O) groups excluding carboxylic acids is 1. The highest BCUT2D eigenvalue weighted by Gasteiger charge is 2.45. The first-order chi connectivity index (χ1) is 7.83. The molecule has 0 unspecified atom stereocenters. The summed E-state index contributed by atoms with van der Waals surface area (Å²) in [5, 5.41) is 3.76. The zero-order valence-corrected chi connectivity index (χ0v) is 10.4. The average Bonchev–Trinajstić information content (AvgIpc) is 3.10. The monoisotopic (exact) mass is 283 g/mol. The second kappa shape index (κ2) is 5.46. The standard InChI is InChI=1S/C12H14BrNO2/c13-7-4-8-14-12(15)11-10(16-11)9-5-2-1-3-6-9/h1-3,5-6,10-11H,4,7-8H2,(H,14,15)/t10-,11-/m1/s1. The molecule has 0 bridgehead atoms. The van der Waals surface area contributed by atoms with E-state index in [1.807, 2.05) is 30.3 Å².